The van der Waals surface area contributed by atoms with Crippen molar-refractivity contribution < 1.29 is 19.1 Å². The second-order valence-corrected chi connectivity index (χ2v) is 7.61. The van der Waals surface area contributed by atoms with E-state index in [1.165, 1.54) is 10.0 Å². The Morgan fingerprint density at radius 3 is 1.59 bits per heavy atom. The Bertz CT molecular complexity index is 471. The van der Waals surface area contributed by atoms with Crippen molar-refractivity contribution in [2.24, 2.45) is 11.8 Å². The molecule has 4 rings (SSSR count). The standard InChI is InChI=1S/C14H18Br2N2O4/c1-3-21-13(19)17-7-5-6-8(18(17)14(20)22-4-2)10-9(7)11(15)12(10)16/h5-12H,3-4H2,1-2H3/t7-,8-,9-,10-,11-,12+/m0/s1. The summed E-state index contributed by atoms with van der Waals surface area (Å²) >= 11 is 7.36. The number of rotatable bonds is 2. The zero-order valence-corrected chi connectivity index (χ0v) is 15.5. The first-order valence-electron chi connectivity index (χ1n) is 7.41. The van der Waals surface area contributed by atoms with Crippen molar-refractivity contribution in [2.75, 3.05) is 13.2 Å². The molecule has 2 heterocycles. The lowest BCUT2D eigenvalue weighted by Crippen LogP contribution is -2.76. The second kappa shape index (κ2) is 6.03. The molecule has 6 nitrogen and oxygen atoms in total. The van der Waals surface area contributed by atoms with Gasteiger partial charge in [0.15, 0.2) is 0 Å². The molecule has 0 aromatic rings. The van der Waals surface area contributed by atoms with Gasteiger partial charge in [-0.2, -0.15) is 0 Å². The fraction of sp³-hybridized carbons (Fsp3) is 0.714. The molecular weight excluding hydrogens is 420 g/mol. The largest absolute Gasteiger partial charge is 0.448 e. The number of amides is 2. The maximum atomic E-state index is 12.4. The fourth-order valence-electron chi connectivity index (χ4n) is 3.60. The summed E-state index contributed by atoms with van der Waals surface area (Å²) < 4.78 is 10.3. The highest BCUT2D eigenvalue weighted by molar-refractivity contribution is 9.12. The molecule has 0 unspecified atom stereocenters. The van der Waals surface area contributed by atoms with E-state index in [9.17, 15) is 9.59 Å². The summed E-state index contributed by atoms with van der Waals surface area (Å²) in [6, 6.07) is -0.395. The number of nitrogens with zero attached hydrogens (tertiary/aromatic N) is 2. The van der Waals surface area contributed by atoms with Crippen molar-refractivity contribution in [3.8, 4) is 0 Å². The Kier molecular flexibility index (Phi) is 4.42. The van der Waals surface area contributed by atoms with Crippen LogP contribution in [0.25, 0.3) is 0 Å². The fourth-order valence-corrected chi connectivity index (χ4v) is 5.63. The minimum atomic E-state index is -0.508. The van der Waals surface area contributed by atoms with Gasteiger partial charge in [0.25, 0.3) is 0 Å². The minimum Gasteiger partial charge on any atom is -0.448 e. The third-order valence-corrected chi connectivity index (χ3v) is 7.55. The molecule has 2 fully saturated rings. The highest BCUT2D eigenvalue weighted by atomic mass is 79.9. The van der Waals surface area contributed by atoms with Crippen molar-refractivity contribution in [1.29, 1.82) is 0 Å². The minimum absolute atomic E-state index is 0.198. The molecule has 0 spiro atoms. The lowest BCUT2D eigenvalue weighted by Gasteiger charge is -2.63. The summed E-state index contributed by atoms with van der Waals surface area (Å²) in [6.07, 6.45) is 2.97. The number of alkyl halides is 2. The van der Waals surface area contributed by atoms with Crippen LogP contribution in [-0.4, -0.2) is 57.2 Å². The molecule has 2 aliphatic carbocycles. The summed E-state index contributed by atoms with van der Waals surface area (Å²) in [4.78, 5) is 25.3. The van der Waals surface area contributed by atoms with Gasteiger partial charge >= 0.3 is 12.2 Å². The molecule has 1 saturated heterocycles. The van der Waals surface area contributed by atoms with E-state index in [4.69, 9.17) is 9.47 Å². The molecule has 0 N–H and O–H groups in total. The maximum absolute atomic E-state index is 12.4. The predicted molar refractivity (Wildman–Crippen MR) is 86.8 cm³/mol. The van der Waals surface area contributed by atoms with Crippen LogP contribution in [0, 0.1) is 11.8 Å². The van der Waals surface area contributed by atoms with Crippen LogP contribution in [0.3, 0.4) is 0 Å². The third kappa shape index (κ3) is 2.18. The van der Waals surface area contributed by atoms with Gasteiger partial charge in [-0.25, -0.2) is 19.6 Å². The zero-order valence-electron chi connectivity index (χ0n) is 12.3. The Labute approximate surface area is 146 Å². The van der Waals surface area contributed by atoms with E-state index in [0.29, 0.717) is 0 Å². The van der Waals surface area contributed by atoms with E-state index in [0.717, 1.165) is 0 Å². The van der Waals surface area contributed by atoms with Crippen molar-refractivity contribution in [3.05, 3.63) is 12.2 Å². The lowest BCUT2D eigenvalue weighted by molar-refractivity contribution is -0.141. The maximum Gasteiger partial charge on any atom is 0.429 e. The van der Waals surface area contributed by atoms with E-state index in [1.54, 1.807) is 13.8 Å². The number of ether oxygens (including phenoxy) is 2. The van der Waals surface area contributed by atoms with E-state index in [1.807, 2.05) is 12.2 Å². The van der Waals surface area contributed by atoms with Crippen molar-refractivity contribution in [1.82, 2.24) is 10.0 Å². The van der Waals surface area contributed by atoms with Gasteiger partial charge in [-0.15, -0.1) is 0 Å². The molecule has 0 aromatic heterocycles. The van der Waals surface area contributed by atoms with Crippen LogP contribution in [-0.2, 0) is 9.47 Å². The second-order valence-electron chi connectivity index (χ2n) is 5.50. The van der Waals surface area contributed by atoms with E-state index >= 15 is 0 Å². The molecule has 2 amide bonds. The Balaban J connectivity index is 1.94. The van der Waals surface area contributed by atoms with E-state index in [-0.39, 0.29) is 46.8 Å². The quantitative estimate of drug-likeness (QED) is 0.492. The number of halogens is 2. The van der Waals surface area contributed by atoms with E-state index < -0.39 is 12.2 Å². The average molecular weight is 438 g/mol. The summed E-state index contributed by atoms with van der Waals surface area (Å²) in [7, 11) is 0. The monoisotopic (exact) mass is 436 g/mol. The lowest BCUT2D eigenvalue weighted by atomic mass is 9.61. The van der Waals surface area contributed by atoms with Crippen molar-refractivity contribution >= 4 is 44.0 Å². The molecule has 0 aromatic carbocycles. The molecular formula is C14H18Br2N2O4. The normalized spacial score (nSPS) is 38.4. The summed E-state index contributed by atoms with van der Waals surface area (Å²) in [5, 5.41) is 2.83. The van der Waals surface area contributed by atoms with Gasteiger partial charge in [-0.3, -0.25) is 0 Å². The van der Waals surface area contributed by atoms with Crippen LogP contribution in [0.2, 0.25) is 0 Å². The van der Waals surface area contributed by atoms with E-state index in [2.05, 4.69) is 31.9 Å². The molecule has 4 aliphatic rings. The zero-order chi connectivity index (χ0) is 16.0. The molecule has 8 heteroatoms. The highest BCUT2D eigenvalue weighted by Crippen LogP contribution is 2.56. The number of carbonyl (C=O) groups excluding carboxylic acids is 2. The number of hydrazine groups is 1. The molecule has 6 atom stereocenters. The molecule has 0 radical (unpaired) electrons. The molecule has 2 aliphatic heterocycles. The van der Waals surface area contributed by atoms with Crippen molar-refractivity contribution in [3.63, 3.8) is 0 Å². The smallest absolute Gasteiger partial charge is 0.429 e. The van der Waals surface area contributed by atoms with Crippen LogP contribution in [0.5, 0.6) is 0 Å². The van der Waals surface area contributed by atoms with Gasteiger partial charge in [-0.1, -0.05) is 44.0 Å². The Morgan fingerprint density at radius 1 is 0.909 bits per heavy atom. The van der Waals surface area contributed by atoms with Gasteiger partial charge < -0.3 is 9.47 Å². The Morgan fingerprint density at radius 2 is 1.27 bits per heavy atom. The summed E-state index contributed by atoms with van der Waals surface area (Å²) in [5.41, 5.74) is 0. The number of hydrogen-bond donors (Lipinski definition) is 0. The first-order chi connectivity index (χ1) is 10.5. The summed E-state index contributed by atoms with van der Waals surface area (Å²) in [6.45, 7) is 4.03. The van der Waals surface area contributed by atoms with Crippen LogP contribution >= 0.6 is 31.9 Å². The molecule has 22 heavy (non-hydrogen) atoms. The van der Waals surface area contributed by atoms with Gasteiger partial charge in [0.1, 0.15) is 0 Å². The highest BCUT2D eigenvalue weighted by Gasteiger charge is 2.64. The average Bonchev–Trinajstić information content (AvgIpc) is 2.53. The SMILES string of the molecule is CCOC(=O)N1[C@H]2C=C[C@@H]([C@@H]3[C@@H](Br)[C@@H](Br)[C@H]32)N1C(=O)OCC. The van der Waals surface area contributed by atoms with Gasteiger partial charge in [-0.05, 0) is 13.8 Å². The molecule has 2 bridgehead atoms. The number of fused-ring (bicyclic) bond motifs is 1. The van der Waals surface area contributed by atoms with Gasteiger partial charge in [0, 0.05) is 21.5 Å². The van der Waals surface area contributed by atoms with Crippen LogP contribution < -0.4 is 0 Å². The van der Waals surface area contributed by atoms with Gasteiger partial charge in [0.2, 0.25) is 0 Å². The first-order valence-corrected chi connectivity index (χ1v) is 9.24. The number of carbonyl (C=O) groups is 2. The van der Waals surface area contributed by atoms with Gasteiger partial charge in [0.05, 0.1) is 25.3 Å². The van der Waals surface area contributed by atoms with Crippen LogP contribution in [0.1, 0.15) is 13.8 Å². The topological polar surface area (TPSA) is 59.1 Å². The number of hydrogen-bond acceptors (Lipinski definition) is 4. The van der Waals surface area contributed by atoms with Crippen LogP contribution in [0.4, 0.5) is 9.59 Å². The predicted octanol–water partition coefficient (Wildman–Crippen LogP) is 2.91. The van der Waals surface area contributed by atoms with Crippen molar-refractivity contribution in [2.45, 2.75) is 35.6 Å². The third-order valence-electron chi connectivity index (χ3n) is 4.48. The summed E-state index contributed by atoms with van der Waals surface area (Å²) in [5.74, 6) is 0.518. The van der Waals surface area contributed by atoms with Crippen LogP contribution in [0.15, 0.2) is 12.2 Å². The Hall–Kier alpha value is -0.760. The molecule has 122 valence electrons. The molecule has 1 saturated carbocycles. The first kappa shape index (κ1) is 16.1.